The topological polar surface area (TPSA) is 37.3 Å². The molecule has 2 saturated carbocycles. The Morgan fingerprint density at radius 1 is 1.67 bits per heavy atom. The van der Waals surface area contributed by atoms with Crippen LogP contribution in [0.15, 0.2) is 0 Å². The number of fused-ring (bicyclic) bond motifs is 1. The van der Waals surface area contributed by atoms with Crippen molar-refractivity contribution >= 4 is 5.97 Å². The highest BCUT2D eigenvalue weighted by atomic mass is 16.4. The van der Waals surface area contributed by atoms with E-state index in [1.807, 2.05) is 0 Å². The second-order valence-corrected chi connectivity index (χ2v) is 3.25. The maximum atomic E-state index is 10.6. The van der Waals surface area contributed by atoms with Gasteiger partial charge in [0.25, 0.3) is 0 Å². The van der Waals surface area contributed by atoms with Gasteiger partial charge in [0.1, 0.15) is 0 Å². The maximum Gasteiger partial charge on any atom is 0.309 e. The summed E-state index contributed by atoms with van der Waals surface area (Å²) in [6.07, 6.45) is 4.19. The molecule has 50 valence electrons. The quantitative estimate of drug-likeness (QED) is 0.574. The van der Waals surface area contributed by atoms with Crippen LogP contribution in [0.25, 0.3) is 0 Å². The van der Waals surface area contributed by atoms with Crippen LogP contribution in [0.5, 0.6) is 0 Å². The lowest BCUT2D eigenvalue weighted by Gasteiger charge is -2.01. The molecular formula is C7H10O2. The Hall–Kier alpha value is -0.530. The molecule has 0 spiro atoms. The van der Waals surface area contributed by atoms with Crippen molar-refractivity contribution in [3.05, 3.63) is 0 Å². The van der Waals surface area contributed by atoms with Gasteiger partial charge in [-0.1, -0.05) is 6.42 Å². The lowest BCUT2D eigenvalue weighted by Crippen LogP contribution is -2.13. The van der Waals surface area contributed by atoms with Crippen molar-refractivity contribution in [1.29, 1.82) is 0 Å². The van der Waals surface area contributed by atoms with E-state index in [-0.39, 0.29) is 5.41 Å². The van der Waals surface area contributed by atoms with Gasteiger partial charge in [0.15, 0.2) is 0 Å². The standard InChI is InChI=1S/C7H10O2/c8-6(9)7-3-1-2-5(7)4-7/h5H,1-4H2,(H,8,9)/t5-,7-/m0/s1. The molecular weight excluding hydrogens is 116 g/mol. The SMILES string of the molecule is O=C(O)[C@]12CCC[C@H]1C2. The van der Waals surface area contributed by atoms with Crippen molar-refractivity contribution in [2.24, 2.45) is 11.3 Å². The summed E-state index contributed by atoms with van der Waals surface area (Å²) in [5.41, 5.74) is -0.222. The Morgan fingerprint density at radius 3 is 2.67 bits per heavy atom. The van der Waals surface area contributed by atoms with Crippen molar-refractivity contribution in [1.82, 2.24) is 0 Å². The predicted molar refractivity (Wildman–Crippen MR) is 32.0 cm³/mol. The first-order valence-electron chi connectivity index (χ1n) is 3.49. The molecule has 0 radical (unpaired) electrons. The largest absolute Gasteiger partial charge is 0.481 e. The Balaban J connectivity index is 2.19. The zero-order chi connectivity index (χ0) is 6.48. The van der Waals surface area contributed by atoms with Gasteiger partial charge in [-0.05, 0) is 25.2 Å². The third kappa shape index (κ3) is 0.485. The van der Waals surface area contributed by atoms with E-state index in [4.69, 9.17) is 5.11 Å². The van der Waals surface area contributed by atoms with Crippen LogP contribution in [0.2, 0.25) is 0 Å². The predicted octanol–water partition coefficient (Wildman–Crippen LogP) is 1.26. The molecule has 2 nitrogen and oxygen atoms in total. The molecule has 2 aliphatic rings. The van der Waals surface area contributed by atoms with E-state index in [0.717, 1.165) is 25.7 Å². The van der Waals surface area contributed by atoms with Gasteiger partial charge in [0, 0.05) is 0 Å². The molecule has 2 heteroatoms. The Labute approximate surface area is 53.9 Å². The number of carboxylic acids is 1. The van der Waals surface area contributed by atoms with Crippen LogP contribution in [-0.4, -0.2) is 11.1 Å². The first-order chi connectivity index (χ1) is 4.26. The molecule has 0 heterocycles. The third-order valence-corrected chi connectivity index (χ3v) is 2.83. The Bertz CT molecular complexity index is 164. The number of hydrogen-bond donors (Lipinski definition) is 1. The highest BCUT2D eigenvalue weighted by Gasteiger charge is 2.62. The molecule has 0 aliphatic heterocycles. The van der Waals surface area contributed by atoms with Crippen molar-refractivity contribution in [3.63, 3.8) is 0 Å². The molecule has 0 aromatic heterocycles. The molecule has 0 aromatic rings. The Morgan fingerprint density at radius 2 is 2.44 bits per heavy atom. The minimum absolute atomic E-state index is 0.222. The molecule has 2 atom stereocenters. The van der Waals surface area contributed by atoms with E-state index >= 15 is 0 Å². The zero-order valence-corrected chi connectivity index (χ0v) is 5.26. The molecule has 2 aliphatic carbocycles. The van der Waals surface area contributed by atoms with Crippen LogP contribution < -0.4 is 0 Å². The van der Waals surface area contributed by atoms with Crippen LogP contribution in [0.4, 0.5) is 0 Å². The smallest absolute Gasteiger partial charge is 0.309 e. The molecule has 9 heavy (non-hydrogen) atoms. The van der Waals surface area contributed by atoms with Gasteiger partial charge in [0.05, 0.1) is 5.41 Å². The number of carbonyl (C=O) groups is 1. The van der Waals surface area contributed by atoms with E-state index in [1.165, 1.54) is 0 Å². The van der Waals surface area contributed by atoms with Crippen LogP contribution in [0.1, 0.15) is 25.7 Å². The van der Waals surface area contributed by atoms with Crippen LogP contribution in [-0.2, 0) is 4.79 Å². The average Bonchev–Trinajstić information content (AvgIpc) is 2.38. The van der Waals surface area contributed by atoms with Crippen molar-refractivity contribution in [3.8, 4) is 0 Å². The summed E-state index contributed by atoms with van der Waals surface area (Å²) in [5, 5.41) is 8.71. The van der Waals surface area contributed by atoms with Crippen LogP contribution in [0, 0.1) is 11.3 Å². The fourth-order valence-corrected chi connectivity index (χ4v) is 2.10. The molecule has 0 bridgehead atoms. The fourth-order valence-electron chi connectivity index (χ4n) is 2.10. The van der Waals surface area contributed by atoms with Crippen molar-refractivity contribution in [2.75, 3.05) is 0 Å². The summed E-state index contributed by atoms with van der Waals surface area (Å²) in [4.78, 5) is 10.6. The second kappa shape index (κ2) is 1.31. The summed E-state index contributed by atoms with van der Waals surface area (Å²) >= 11 is 0. The minimum atomic E-state index is -0.551. The summed E-state index contributed by atoms with van der Waals surface area (Å²) < 4.78 is 0. The monoisotopic (exact) mass is 126 g/mol. The average molecular weight is 126 g/mol. The van der Waals surface area contributed by atoms with E-state index in [1.54, 1.807) is 0 Å². The molecule has 0 amide bonds. The van der Waals surface area contributed by atoms with E-state index in [0.29, 0.717) is 5.92 Å². The summed E-state index contributed by atoms with van der Waals surface area (Å²) in [6, 6.07) is 0. The van der Waals surface area contributed by atoms with E-state index in [2.05, 4.69) is 0 Å². The minimum Gasteiger partial charge on any atom is -0.481 e. The second-order valence-electron chi connectivity index (χ2n) is 3.25. The maximum absolute atomic E-state index is 10.6. The number of hydrogen-bond acceptors (Lipinski definition) is 1. The molecule has 0 aromatic carbocycles. The number of carboxylic acid groups (broad SMARTS) is 1. The molecule has 1 N–H and O–H groups in total. The first-order valence-corrected chi connectivity index (χ1v) is 3.49. The summed E-state index contributed by atoms with van der Waals surface area (Å²) in [5.74, 6) is -0.000000000000000222. The van der Waals surface area contributed by atoms with Gasteiger partial charge in [-0.2, -0.15) is 0 Å². The van der Waals surface area contributed by atoms with Crippen LogP contribution in [0.3, 0.4) is 0 Å². The van der Waals surface area contributed by atoms with Crippen molar-refractivity contribution in [2.45, 2.75) is 25.7 Å². The highest BCUT2D eigenvalue weighted by molar-refractivity contribution is 5.79. The highest BCUT2D eigenvalue weighted by Crippen LogP contribution is 2.63. The summed E-state index contributed by atoms with van der Waals surface area (Å²) in [6.45, 7) is 0. The van der Waals surface area contributed by atoms with Gasteiger partial charge in [0.2, 0.25) is 0 Å². The van der Waals surface area contributed by atoms with Gasteiger partial charge in [-0.15, -0.1) is 0 Å². The van der Waals surface area contributed by atoms with Crippen LogP contribution >= 0.6 is 0 Å². The third-order valence-electron chi connectivity index (χ3n) is 2.83. The van der Waals surface area contributed by atoms with E-state index < -0.39 is 5.97 Å². The van der Waals surface area contributed by atoms with Gasteiger partial charge < -0.3 is 5.11 Å². The molecule has 2 rings (SSSR count). The lowest BCUT2D eigenvalue weighted by atomic mass is 10.1. The van der Waals surface area contributed by atoms with Gasteiger partial charge >= 0.3 is 5.97 Å². The number of aliphatic carboxylic acids is 1. The summed E-state index contributed by atoms with van der Waals surface area (Å²) in [7, 11) is 0. The van der Waals surface area contributed by atoms with Gasteiger partial charge in [-0.3, -0.25) is 4.79 Å². The normalized spacial score (nSPS) is 46.4. The fraction of sp³-hybridized carbons (Fsp3) is 0.857. The van der Waals surface area contributed by atoms with E-state index in [9.17, 15) is 4.79 Å². The van der Waals surface area contributed by atoms with Gasteiger partial charge in [-0.25, -0.2) is 0 Å². The lowest BCUT2D eigenvalue weighted by molar-refractivity contribution is -0.143. The molecule has 0 saturated heterocycles. The molecule has 2 fully saturated rings. The molecule has 0 unspecified atom stereocenters. The first kappa shape index (κ1) is 5.27. The zero-order valence-electron chi connectivity index (χ0n) is 5.26. The number of rotatable bonds is 1. The van der Waals surface area contributed by atoms with Crippen molar-refractivity contribution < 1.29 is 9.90 Å². The Kier molecular flexibility index (Phi) is 0.765.